The van der Waals surface area contributed by atoms with Gasteiger partial charge in [0.2, 0.25) is 0 Å². The van der Waals surface area contributed by atoms with Crippen LogP contribution in [-0.2, 0) is 6.61 Å². The minimum atomic E-state index is -0.492. The van der Waals surface area contributed by atoms with Crippen LogP contribution in [0.3, 0.4) is 0 Å². The third-order valence-corrected chi connectivity index (χ3v) is 2.52. The van der Waals surface area contributed by atoms with Gasteiger partial charge in [-0.05, 0) is 18.2 Å². The summed E-state index contributed by atoms with van der Waals surface area (Å²) in [6, 6.07) is 5.05. The maximum absolute atomic E-state index is 11.7. The molecule has 3 aromatic rings. The lowest BCUT2D eigenvalue weighted by Crippen LogP contribution is -2.17. The van der Waals surface area contributed by atoms with Crippen LogP contribution in [0.4, 0.5) is 5.69 Å². The van der Waals surface area contributed by atoms with Crippen molar-refractivity contribution in [3.63, 3.8) is 0 Å². The molecule has 0 bridgehead atoms. The fourth-order valence-electron chi connectivity index (χ4n) is 1.77. The minimum absolute atomic E-state index is 0.273. The molecule has 4 N–H and O–H groups in total. The zero-order chi connectivity index (χ0) is 12.0. The quantitative estimate of drug-likeness (QED) is 0.496. The van der Waals surface area contributed by atoms with Crippen molar-refractivity contribution in [3.05, 3.63) is 34.5 Å². The molecule has 0 radical (unpaired) electrons. The molecule has 0 aliphatic carbocycles. The highest BCUT2D eigenvalue weighted by Gasteiger charge is 2.09. The van der Waals surface area contributed by atoms with Gasteiger partial charge in [-0.1, -0.05) is 0 Å². The molecule has 0 saturated carbocycles. The van der Waals surface area contributed by atoms with E-state index in [2.05, 4.69) is 15.1 Å². The van der Waals surface area contributed by atoms with E-state index in [1.807, 2.05) is 0 Å². The second-order valence-electron chi connectivity index (χ2n) is 3.66. The molecule has 7 nitrogen and oxygen atoms in total. The maximum atomic E-state index is 11.7. The zero-order valence-electron chi connectivity index (χ0n) is 8.71. The van der Waals surface area contributed by atoms with Crippen molar-refractivity contribution in [2.45, 2.75) is 6.61 Å². The van der Waals surface area contributed by atoms with Crippen LogP contribution in [0.2, 0.25) is 0 Å². The fourth-order valence-corrected chi connectivity index (χ4v) is 1.77. The Morgan fingerprint density at radius 3 is 3.06 bits per heavy atom. The van der Waals surface area contributed by atoms with E-state index in [1.165, 1.54) is 0 Å². The van der Waals surface area contributed by atoms with E-state index in [0.29, 0.717) is 28.1 Å². The van der Waals surface area contributed by atoms with Gasteiger partial charge in [-0.2, -0.15) is 9.50 Å². The molecule has 0 spiro atoms. The maximum Gasteiger partial charge on any atom is 0.370 e. The first-order chi connectivity index (χ1) is 8.19. The number of nitrogens with zero attached hydrogens (tertiary/aromatic N) is 3. The van der Waals surface area contributed by atoms with Crippen LogP contribution in [0.25, 0.3) is 16.6 Å². The van der Waals surface area contributed by atoms with Crippen LogP contribution in [0.1, 0.15) is 5.82 Å². The van der Waals surface area contributed by atoms with Crippen molar-refractivity contribution >= 4 is 22.2 Å². The van der Waals surface area contributed by atoms with Gasteiger partial charge >= 0.3 is 5.69 Å². The number of nitrogen functional groups attached to an aromatic ring is 1. The van der Waals surface area contributed by atoms with Crippen molar-refractivity contribution in [1.82, 2.24) is 19.6 Å². The highest BCUT2D eigenvalue weighted by atomic mass is 16.3. The summed E-state index contributed by atoms with van der Waals surface area (Å²) >= 11 is 0. The Balaban J connectivity index is 2.56. The molecule has 0 amide bonds. The molecule has 0 fully saturated rings. The molecule has 2 heterocycles. The fraction of sp³-hybridized carbons (Fsp3) is 0.100. The summed E-state index contributed by atoms with van der Waals surface area (Å²) in [5.41, 5.74) is 6.79. The Hall–Kier alpha value is -2.41. The molecular formula is C10H9N5O2. The van der Waals surface area contributed by atoms with Gasteiger partial charge in [-0.3, -0.25) is 0 Å². The Morgan fingerprint density at radius 2 is 2.29 bits per heavy atom. The first-order valence-corrected chi connectivity index (χ1v) is 4.97. The van der Waals surface area contributed by atoms with Crippen molar-refractivity contribution in [3.8, 4) is 0 Å². The predicted molar refractivity (Wildman–Crippen MR) is 61.4 cm³/mol. The second kappa shape index (κ2) is 3.29. The molecule has 86 valence electrons. The van der Waals surface area contributed by atoms with E-state index in [-0.39, 0.29) is 6.61 Å². The predicted octanol–water partition coefficient (Wildman–Crippen LogP) is -0.355. The number of aromatic amines is 1. The van der Waals surface area contributed by atoms with E-state index in [1.54, 1.807) is 18.2 Å². The van der Waals surface area contributed by atoms with Crippen LogP contribution >= 0.6 is 0 Å². The molecule has 2 aromatic heterocycles. The second-order valence-corrected chi connectivity index (χ2v) is 3.66. The number of rotatable bonds is 1. The number of aromatic nitrogens is 4. The topological polar surface area (TPSA) is 109 Å². The summed E-state index contributed by atoms with van der Waals surface area (Å²) in [6.45, 7) is -0.273. The van der Waals surface area contributed by atoms with Gasteiger partial charge in [-0.15, -0.1) is 5.10 Å². The lowest BCUT2D eigenvalue weighted by atomic mass is 10.2. The molecule has 1 aromatic carbocycles. The van der Waals surface area contributed by atoms with Crippen LogP contribution in [0.15, 0.2) is 23.0 Å². The van der Waals surface area contributed by atoms with Gasteiger partial charge < -0.3 is 15.8 Å². The van der Waals surface area contributed by atoms with Crippen molar-refractivity contribution in [1.29, 1.82) is 0 Å². The normalized spacial score (nSPS) is 11.4. The van der Waals surface area contributed by atoms with Crippen molar-refractivity contribution < 1.29 is 5.11 Å². The number of fused-ring (bicyclic) bond motifs is 3. The van der Waals surface area contributed by atoms with Crippen LogP contribution in [0, 0.1) is 0 Å². The van der Waals surface area contributed by atoms with E-state index in [4.69, 9.17) is 10.8 Å². The lowest BCUT2D eigenvalue weighted by Gasteiger charge is -1.99. The summed E-state index contributed by atoms with van der Waals surface area (Å²) in [5.74, 6) is 0.304. The summed E-state index contributed by atoms with van der Waals surface area (Å²) in [6.07, 6.45) is 0. The molecule has 0 atom stereocenters. The zero-order valence-corrected chi connectivity index (χ0v) is 8.71. The number of aliphatic hydroxyl groups is 1. The van der Waals surface area contributed by atoms with E-state index in [9.17, 15) is 4.79 Å². The Bertz CT molecular complexity index is 773. The average Bonchev–Trinajstić information content (AvgIpc) is 2.75. The lowest BCUT2D eigenvalue weighted by molar-refractivity contribution is 0.271. The number of hydrogen-bond donors (Lipinski definition) is 3. The van der Waals surface area contributed by atoms with E-state index < -0.39 is 5.69 Å². The van der Waals surface area contributed by atoms with Gasteiger partial charge in [0.15, 0.2) is 5.82 Å². The van der Waals surface area contributed by atoms with Crippen molar-refractivity contribution in [2.24, 2.45) is 0 Å². The average molecular weight is 231 g/mol. The number of hydrogen-bond acceptors (Lipinski definition) is 5. The molecule has 0 aliphatic heterocycles. The smallest absolute Gasteiger partial charge is 0.370 e. The van der Waals surface area contributed by atoms with Crippen molar-refractivity contribution in [2.75, 3.05) is 5.73 Å². The number of aliphatic hydroxyl groups excluding tert-OH is 1. The highest BCUT2D eigenvalue weighted by molar-refractivity contribution is 5.92. The molecule has 3 rings (SSSR count). The number of H-pyrrole nitrogens is 1. The number of nitrogens with two attached hydrogens (primary N) is 1. The molecule has 17 heavy (non-hydrogen) atoms. The number of nitrogens with one attached hydrogen (secondary N) is 1. The van der Waals surface area contributed by atoms with Gasteiger partial charge in [0, 0.05) is 11.1 Å². The summed E-state index contributed by atoms with van der Waals surface area (Å²) in [5, 5.41) is 13.6. The summed E-state index contributed by atoms with van der Waals surface area (Å²) in [4.78, 5) is 18.4. The van der Waals surface area contributed by atoms with Crippen LogP contribution in [-0.4, -0.2) is 24.7 Å². The van der Waals surface area contributed by atoms with Gasteiger partial charge in [0.1, 0.15) is 12.3 Å². The van der Waals surface area contributed by atoms with E-state index in [0.717, 1.165) is 4.52 Å². The van der Waals surface area contributed by atoms with Crippen LogP contribution in [0.5, 0.6) is 0 Å². The van der Waals surface area contributed by atoms with Gasteiger partial charge in [-0.25, -0.2) is 4.79 Å². The molecule has 7 heteroatoms. The monoisotopic (exact) mass is 231 g/mol. The first-order valence-electron chi connectivity index (χ1n) is 4.97. The number of benzene rings is 1. The molecule has 0 unspecified atom stereocenters. The highest BCUT2D eigenvalue weighted by Crippen LogP contribution is 2.17. The Morgan fingerprint density at radius 1 is 1.47 bits per heavy atom. The van der Waals surface area contributed by atoms with Crippen LogP contribution < -0.4 is 11.4 Å². The SMILES string of the molecule is Nc1ccc2nc(=O)n3nc(CO)[nH]c3c2c1. The largest absolute Gasteiger partial charge is 0.399 e. The summed E-state index contributed by atoms with van der Waals surface area (Å²) in [7, 11) is 0. The minimum Gasteiger partial charge on any atom is -0.399 e. The Kier molecular flexibility index (Phi) is 1.89. The van der Waals surface area contributed by atoms with Gasteiger partial charge in [0.25, 0.3) is 0 Å². The third kappa shape index (κ3) is 1.36. The van der Waals surface area contributed by atoms with Gasteiger partial charge in [0.05, 0.1) is 5.52 Å². The molecular weight excluding hydrogens is 222 g/mol. The standard InChI is InChI=1S/C10H9N5O2/c11-5-1-2-7-6(3-5)9-13-8(4-16)14-15(9)10(17)12-7/h1-3,16H,4,11H2,(H,13,14). The Labute approximate surface area is 94.5 Å². The third-order valence-electron chi connectivity index (χ3n) is 2.52. The number of anilines is 1. The molecule has 0 aliphatic rings. The molecule has 0 saturated heterocycles. The summed E-state index contributed by atoms with van der Waals surface area (Å²) < 4.78 is 1.12. The van der Waals surface area contributed by atoms with E-state index >= 15 is 0 Å². The first kappa shape index (κ1) is 9.79.